The lowest BCUT2D eigenvalue weighted by Gasteiger charge is -2.28. The lowest BCUT2D eigenvalue weighted by Crippen LogP contribution is -2.42. The molecule has 5 rings (SSSR count). The number of carbonyl (C=O) groups is 1. The van der Waals surface area contributed by atoms with Crippen molar-refractivity contribution in [2.24, 2.45) is 0 Å². The highest BCUT2D eigenvalue weighted by atomic mass is 16.2. The van der Waals surface area contributed by atoms with Crippen LogP contribution in [0.1, 0.15) is 37.1 Å². The summed E-state index contributed by atoms with van der Waals surface area (Å²) in [4.78, 5) is 19.5. The monoisotopic (exact) mass is 387 g/mol. The van der Waals surface area contributed by atoms with Gasteiger partial charge in [0, 0.05) is 43.4 Å². The standard InChI is InChI=1S/C23H25N5O/c29-22(10-4-8-17-6-2-1-3-7-17)28-19-11-12-20(28)16-27-21(14-19)25-26-23(27)18-9-5-13-24-15-18/h1-3,5-7,9,13,15,19-20H,4,8,10-12,14,16H2. The second kappa shape index (κ2) is 7.78. The number of amides is 1. The van der Waals surface area contributed by atoms with E-state index in [0.717, 1.165) is 55.9 Å². The Morgan fingerprint density at radius 2 is 1.90 bits per heavy atom. The molecule has 0 radical (unpaired) electrons. The SMILES string of the molecule is O=C(CCCc1ccccc1)N1C2CCC1Cn1c(nnc1-c1cccnc1)C2. The zero-order valence-corrected chi connectivity index (χ0v) is 16.4. The first-order valence-corrected chi connectivity index (χ1v) is 10.5. The van der Waals surface area contributed by atoms with Crippen molar-refractivity contribution in [1.29, 1.82) is 0 Å². The molecule has 1 aromatic carbocycles. The van der Waals surface area contributed by atoms with E-state index in [0.29, 0.717) is 6.42 Å². The molecule has 0 N–H and O–H groups in total. The molecule has 0 saturated carbocycles. The molecule has 1 amide bonds. The van der Waals surface area contributed by atoms with Gasteiger partial charge in [0.15, 0.2) is 5.82 Å². The molecular weight excluding hydrogens is 362 g/mol. The Hall–Kier alpha value is -3.02. The average Bonchev–Trinajstić information content (AvgIpc) is 3.28. The third kappa shape index (κ3) is 3.55. The smallest absolute Gasteiger partial charge is 0.223 e. The van der Waals surface area contributed by atoms with Crippen LogP contribution in [0.15, 0.2) is 54.9 Å². The van der Waals surface area contributed by atoms with Crippen LogP contribution in [-0.4, -0.2) is 42.6 Å². The molecular formula is C23H25N5O. The topological polar surface area (TPSA) is 63.9 Å². The van der Waals surface area contributed by atoms with Gasteiger partial charge in [0.05, 0.1) is 6.04 Å². The fourth-order valence-electron chi connectivity index (χ4n) is 4.77. The quantitative estimate of drug-likeness (QED) is 0.674. The minimum absolute atomic E-state index is 0.233. The highest BCUT2D eigenvalue weighted by Gasteiger charge is 2.40. The van der Waals surface area contributed by atoms with Crippen LogP contribution >= 0.6 is 0 Å². The van der Waals surface area contributed by atoms with Crippen molar-refractivity contribution in [3.05, 3.63) is 66.2 Å². The predicted octanol–water partition coefficient (Wildman–Crippen LogP) is 3.28. The molecule has 6 heteroatoms. The summed E-state index contributed by atoms with van der Waals surface area (Å²) < 4.78 is 2.20. The molecule has 2 aliphatic heterocycles. The molecule has 2 bridgehead atoms. The van der Waals surface area contributed by atoms with Crippen LogP contribution in [0.5, 0.6) is 0 Å². The number of aromatic nitrogens is 4. The zero-order valence-electron chi connectivity index (χ0n) is 16.4. The Labute approximate surface area is 170 Å². The van der Waals surface area contributed by atoms with Gasteiger partial charge in [-0.15, -0.1) is 10.2 Å². The van der Waals surface area contributed by atoms with Crippen LogP contribution < -0.4 is 0 Å². The van der Waals surface area contributed by atoms with E-state index >= 15 is 0 Å². The van der Waals surface area contributed by atoms with Crippen LogP contribution in [0.3, 0.4) is 0 Å². The molecule has 4 heterocycles. The van der Waals surface area contributed by atoms with Gasteiger partial charge < -0.3 is 9.47 Å². The van der Waals surface area contributed by atoms with Crippen LogP contribution in [-0.2, 0) is 24.2 Å². The van der Waals surface area contributed by atoms with Gasteiger partial charge in [-0.1, -0.05) is 30.3 Å². The third-order valence-electron chi connectivity index (χ3n) is 6.17. The highest BCUT2D eigenvalue weighted by Crippen LogP contribution is 2.33. The largest absolute Gasteiger partial charge is 0.334 e. The predicted molar refractivity (Wildman–Crippen MR) is 110 cm³/mol. The summed E-state index contributed by atoms with van der Waals surface area (Å²) in [6, 6.07) is 14.8. The summed E-state index contributed by atoms with van der Waals surface area (Å²) in [5.41, 5.74) is 2.27. The maximum absolute atomic E-state index is 13.1. The van der Waals surface area contributed by atoms with Crippen molar-refractivity contribution in [2.75, 3.05) is 0 Å². The molecule has 1 saturated heterocycles. The molecule has 2 unspecified atom stereocenters. The normalized spacial score (nSPS) is 20.3. The fourth-order valence-corrected chi connectivity index (χ4v) is 4.77. The first-order valence-electron chi connectivity index (χ1n) is 10.5. The van der Waals surface area contributed by atoms with E-state index in [1.807, 2.05) is 24.4 Å². The minimum atomic E-state index is 0.233. The first kappa shape index (κ1) is 18.0. The number of carbonyl (C=O) groups excluding carboxylic acids is 1. The van der Waals surface area contributed by atoms with E-state index in [4.69, 9.17) is 0 Å². The van der Waals surface area contributed by atoms with Crippen molar-refractivity contribution in [1.82, 2.24) is 24.6 Å². The second-order valence-electron chi connectivity index (χ2n) is 8.02. The van der Waals surface area contributed by atoms with Gasteiger partial charge in [-0.2, -0.15) is 0 Å². The van der Waals surface area contributed by atoms with E-state index in [-0.39, 0.29) is 18.0 Å². The molecule has 29 heavy (non-hydrogen) atoms. The van der Waals surface area contributed by atoms with Crippen molar-refractivity contribution in [3.8, 4) is 11.4 Å². The minimum Gasteiger partial charge on any atom is -0.334 e. The van der Waals surface area contributed by atoms with Crippen molar-refractivity contribution < 1.29 is 4.79 Å². The number of hydrogen-bond donors (Lipinski definition) is 0. The molecule has 0 aliphatic carbocycles. The van der Waals surface area contributed by atoms with E-state index in [1.165, 1.54) is 5.56 Å². The van der Waals surface area contributed by atoms with Crippen LogP contribution in [0.2, 0.25) is 0 Å². The van der Waals surface area contributed by atoms with Gasteiger partial charge >= 0.3 is 0 Å². The number of rotatable bonds is 5. The van der Waals surface area contributed by atoms with Crippen molar-refractivity contribution in [2.45, 2.75) is 57.2 Å². The first-order chi connectivity index (χ1) is 14.3. The van der Waals surface area contributed by atoms with E-state index in [1.54, 1.807) is 6.20 Å². The summed E-state index contributed by atoms with van der Waals surface area (Å²) >= 11 is 0. The number of hydrogen-bond acceptors (Lipinski definition) is 4. The Bertz CT molecular complexity index is 985. The summed E-state index contributed by atoms with van der Waals surface area (Å²) in [7, 11) is 0. The van der Waals surface area contributed by atoms with Gasteiger partial charge in [0.2, 0.25) is 5.91 Å². The third-order valence-corrected chi connectivity index (χ3v) is 6.17. The Morgan fingerprint density at radius 3 is 2.72 bits per heavy atom. The van der Waals surface area contributed by atoms with Gasteiger partial charge in [0.1, 0.15) is 5.82 Å². The summed E-state index contributed by atoms with van der Waals surface area (Å²) in [5.74, 6) is 2.13. The Kier molecular flexibility index (Phi) is 4.84. The van der Waals surface area contributed by atoms with Gasteiger partial charge in [-0.05, 0) is 43.4 Å². The summed E-state index contributed by atoms with van der Waals surface area (Å²) in [6.07, 6.45) is 8.95. The fraction of sp³-hybridized carbons (Fsp3) is 0.391. The highest BCUT2D eigenvalue weighted by molar-refractivity contribution is 5.77. The lowest BCUT2D eigenvalue weighted by atomic mass is 10.1. The van der Waals surface area contributed by atoms with E-state index in [9.17, 15) is 4.79 Å². The molecule has 6 nitrogen and oxygen atoms in total. The van der Waals surface area contributed by atoms with Crippen molar-refractivity contribution in [3.63, 3.8) is 0 Å². The molecule has 2 atom stereocenters. The molecule has 3 aromatic rings. The van der Waals surface area contributed by atoms with Gasteiger partial charge in [-0.3, -0.25) is 9.78 Å². The van der Waals surface area contributed by atoms with E-state index in [2.05, 4.69) is 48.9 Å². The molecule has 148 valence electrons. The van der Waals surface area contributed by atoms with Gasteiger partial charge in [0.25, 0.3) is 0 Å². The van der Waals surface area contributed by atoms with Crippen LogP contribution in [0, 0.1) is 0 Å². The molecule has 2 aliphatic rings. The number of benzene rings is 1. The van der Waals surface area contributed by atoms with Gasteiger partial charge in [-0.25, -0.2) is 0 Å². The number of pyridine rings is 1. The lowest BCUT2D eigenvalue weighted by molar-refractivity contribution is -0.134. The van der Waals surface area contributed by atoms with Crippen molar-refractivity contribution >= 4 is 5.91 Å². The molecule has 1 fully saturated rings. The number of aryl methyl sites for hydroxylation is 1. The second-order valence-corrected chi connectivity index (χ2v) is 8.02. The number of fused-ring (bicyclic) bond motifs is 3. The van der Waals surface area contributed by atoms with Crippen LogP contribution in [0.4, 0.5) is 0 Å². The van der Waals surface area contributed by atoms with E-state index < -0.39 is 0 Å². The zero-order chi connectivity index (χ0) is 19.6. The maximum Gasteiger partial charge on any atom is 0.223 e. The average molecular weight is 387 g/mol. The van der Waals surface area contributed by atoms with Crippen LogP contribution in [0.25, 0.3) is 11.4 Å². The Morgan fingerprint density at radius 1 is 1.03 bits per heavy atom. The summed E-state index contributed by atoms with van der Waals surface area (Å²) in [6.45, 7) is 0.771. The number of nitrogens with zero attached hydrogens (tertiary/aromatic N) is 5. The Balaban J connectivity index is 1.30. The maximum atomic E-state index is 13.1. The summed E-state index contributed by atoms with van der Waals surface area (Å²) in [5, 5.41) is 8.88. The molecule has 2 aromatic heterocycles. The molecule has 0 spiro atoms.